The van der Waals surface area contributed by atoms with Crippen LogP contribution >= 0.6 is 0 Å². The van der Waals surface area contributed by atoms with E-state index in [2.05, 4.69) is 15.4 Å². The summed E-state index contributed by atoms with van der Waals surface area (Å²) in [6.07, 6.45) is 1.47. The van der Waals surface area contributed by atoms with E-state index in [0.29, 0.717) is 34.9 Å². The molecule has 0 fully saturated rings. The SMILES string of the molecule is Cc1cc(=O)n2[nH]cc(C(=O)NCc3ccc4c(c3)OCO4)c2n1. The first-order valence-electron chi connectivity index (χ1n) is 7.36. The van der Waals surface area contributed by atoms with Gasteiger partial charge < -0.3 is 14.8 Å². The van der Waals surface area contributed by atoms with E-state index >= 15 is 0 Å². The van der Waals surface area contributed by atoms with Gasteiger partial charge in [0, 0.05) is 24.5 Å². The van der Waals surface area contributed by atoms with Crippen molar-refractivity contribution in [3.63, 3.8) is 0 Å². The quantitative estimate of drug-likeness (QED) is 0.748. The zero-order chi connectivity index (χ0) is 16.7. The van der Waals surface area contributed by atoms with Gasteiger partial charge in [-0.3, -0.25) is 14.7 Å². The fraction of sp³-hybridized carbons (Fsp3) is 0.188. The van der Waals surface area contributed by atoms with Crippen LogP contribution in [0.15, 0.2) is 35.3 Å². The molecule has 2 N–H and O–H groups in total. The van der Waals surface area contributed by atoms with Crippen LogP contribution in [-0.2, 0) is 6.54 Å². The second-order valence-electron chi connectivity index (χ2n) is 5.45. The standard InChI is InChI=1S/C16H14N4O4/c1-9-4-14(21)20-15(19-9)11(7-18-20)16(22)17-6-10-2-3-12-13(5-10)24-8-23-12/h2-5,7,18H,6,8H2,1H3,(H,17,22). The van der Waals surface area contributed by atoms with Crippen molar-refractivity contribution >= 4 is 11.6 Å². The number of ether oxygens (including phenoxy) is 2. The number of rotatable bonds is 3. The molecule has 0 bridgehead atoms. The van der Waals surface area contributed by atoms with E-state index in [1.807, 2.05) is 12.1 Å². The number of nitrogens with one attached hydrogen (secondary N) is 2. The van der Waals surface area contributed by atoms with Crippen LogP contribution in [0.5, 0.6) is 11.5 Å². The average molecular weight is 326 g/mol. The maximum atomic E-state index is 12.4. The Kier molecular flexibility index (Phi) is 3.23. The van der Waals surface area contributed by atoms with Crippen molar-refractivity contribution in [1.29, 1.82) is 0 Å². The molecule has 0 aliphatic carbocycles. The predicted molar refractivity (Wildman–Crippen MR) is 84.3 cm³/mol. The molecule has 0 radical (unpaired) electrons. The van der Waals surface area contributed by atoms with Crippen molar-refractivity contribution in [1.82, 2.24) is 19.9 Å². The second kappa shape index (κ2) is 5.41. The first kappa shape index (κ1) is 14.3. The fourth-order valence-corrected chi connectivity index (χ4v) is 2.59. The molecule has 1 amide bonds. The van der Waals surface area contributed by atoms with E-state index < -0.39 is 0 Å². The summed E-state index contributed by atoms with van der Waals surface area (Å²) in [5, 5.41) is 5.55. The number of benzene rings is 1. The molecule has 4 rings (SSSR count). The van der Waals surface area contributed by atoms with Crippen LogP contribution < -0.4 is 20.3 Å². The van der Waals surface area contributed by atoms with Crippen molar-refractivity contribution in [2.45, 2.75) is 13.5 Å². The zero-order valence-corrected chi connectivity index (χ0v) is 12.8. The third-order valence-electron chi connectivity index (χ3n) is 3.76. The molecular formula is C16H14N4O4. The Balaban J connectivity index is 1.55. The lowest BCUT2D eigenvalue weighted by atomic mass is 10.2. The van der Waals surface area contributed by atoms with Crippen LogP contribution in [-0.4, -0.2) is 27.3 Å². The zero-order valence-electron chi connectivity index (χ0n) is 12.8. The molecule has 8 heteroatoms. The van der Waals surface area contributed by atoms with Gasteiger partial charge in [0.05, 0.1) is 0 Å². The van der Waals surface area contributed by atoms with E-state index in [1.165, 1.54) is 16.8 Å². The molecule has 1 aliphatic rings. The van der Waals surface area contributed by atoms with Crippen molar-refractivity contribution in [3.05, 3.63) is 57.6 Å². The van der Waals surface area contributed by atoms with Crippen LogP contribution in [0.1, 0.15) is 21.6 Å². The molecule has 3 aromatic rings. The highest BCUT2D eigenvalue weighted by atomic mass is 16.7. The summed E-state index contributed by atoms with van der Waals surface area (Å²) in [4.78, 5) is 28.5. The van der Waals surface area contributed by atoms with Gasteiger partial charge in [0.15, 0.2) is 17.1 Å². The number of carbonyl (C=O) groups excluding carboxylic acids is 1. The maximum Gasteiger partial charge on any atom is 0.272 e. The first-order valence-corrected chi connectivity index (χ1v) is 7.36. The van der Waals surface area contributed by atoms with Crippen LogP contribution in [0.4, 0.5) is 0 Å². The Bertz CT molecular complexity index is 1000. The van der Waals surface area contributed by atoms with E-state index in [9.17, 15) is 9.59 Å². The molecule has 0 unspecified atom stereocenters. The molecule has 24 heavy (non-hydrogen) atoms. The topological polar surface area (TPSA) is 97.7 Å². The van der Waals surface area contributed by atoms with Gasteiger partial charge in [0.2, 0.25) is 6.79 Å². The number of aromatic nitrogens is 3. The van der Waals surface area contributed by atoms with Gasteiger partial charge in [-0.2, -0.15) is 0 Å². The smallest absolute Gasteiger partial charge is 0.272 e. The molecule has 122 valence electrons. The van der Waals surface area contributed by atoms with E-state index in [0.717, 1.165) is 5.56 Å². The monoisotopic (exact) mass is 326 g/mol. The Hall–Kier alpha value is -3.29. The van der Waals surface area contributed by atoms with Gasteiger partial charge in [0.1, 0.15) is 5.56 Å². The van der Waals surface area contributed by atoms with Gasteiger partial charge in [-0.25, -0.2) is 9.50 Å². The minimum atomic E-state index is -0.316. The number of amides is 1. The predicted octanol–water partition coefficient (Wildman–Crippen LogP) is 0.990. The van der Waals surface area contributed by atoms with Crippen LogP contribution in [0.25, 0.3) is 5.65 Å². The van der Waals surface area contributed by atoms with Gasteiger partial charge in [-0.1, -0.05) is 6.07 Å². The molecule has 1 aromatic carbocycles. The molecule has 2 aromatic heterocycles. The Morgan fingerprint density at radius 1 is 1.33 bits per heavy atom. The third-order valence-corrected chi connectivity index (χ3v) is 3.76. The van der Waals surface area contributed by atoms with Gasteiger partial charge in [-0.05, 0) is 24.6 Å². The molecule has 1 aliphatic heterocycles. The lowest BCUT2D eigenvalue weighted by Crippen LogP contribution is -2.23. The van der Waals surface area contributed by atoms with E-state index in [-0.39, 0.29) is 18.3 Å². The molecular weight excluding hydrogens is 312 g/mol. The number of H-pyrrole nitrogens is 1. The molecule has 0 atom stereocenters. The number of aryl methyl sites for hydroxylation is 1. The van der Waals surface area contributed by atoms with Gasteiger partial charge in [0.25, 0.3) is 11.5 Å². The summed E-state index contributed by atoms with van der Waals surface area (Å²) >= 11 is 0. The summed E-state index contributed by atoms with van der Waals surface area (Å²) < 4.78 is 11.8. The highest BCUT2D eigenvalue weighted by Crippen LogP contribution is 2.32. The molecule has 0 spiro atoms. The van der Waals surface area contributed by atoms with Crippen molar-refractivity contribution in [3.8, 4) is 11.5 Å². The Morgan fingerprint density at radius 2 is 2.17 bits per heavy atom. The largest absolute Gasteiger partial charge is 0.454 e. The second-order valence-corrected chi connectivity index (χ2v) is 5.45. The Morgan fingerprint density at radius 3 is 3.04 bits per heavy atom. The maximum absolute atomic E-state index is 12.4. The number of hydrogen-bond donors (Lipinski definition) is 2. The summed E-state index contributed by atoms with van der Waals surface area (Å²) in [6.45, 7) is 2.24. The molecule has 0 saturated heterocycles. The molecule has 8 nitrogen and oxygen atoms in total. The lowest BCUT2D eigenvalue weighted by molar-refractivity contribution is 0.0952. The average Bonchev–Trinajstić information content (AvgIpc) is 3.18. The number of fused-ring (bicyclic) bond motifs is 2. The number of hydrogen-bond acceptors (Lipinski definition) is 5. The minimum Gasteiger partial charge on any atom is -0.454 e. The van der Waals surface area contributed by atoms with Crippen molar-refractivity contribution in [2.24, 2.45) is 0 Å². The summed E-state index contributed by atoms with van der Waals surface area (Å²) in [7, 11) is 0. The highest BCUT2D eigenvalue weighted by Gasteiger charge is 2.16. The Labute approximate surface area is 136 Å². The molecule has 0 saturated carbocycles. The summed E-state index contributed by atoms with van der Waals surface area (Å²) in [5.74, 6) is 1.04. The highest BCUT2D eigenvalue weighted by molar-refractivity contribution is 5.99. The number of nitrogens with zero attached hydrogens (tertiary/aromatic N) is 2. The summed E-state index contributed by atoms with van der Waals surface area (Å²) in [5.41, 5.74) is 1.81. The van der Waals surface area contributed by atoms with E-state index in [1.54, 1.807) is 13.0 Å². The number of aromatic amines is 1. The van der Waals surface area contributed by atoms with Crippen LogP contribution in [0.2, 0.25) is 0 Å². The summed E-state index contributed by atoms with van der Waals surface area (Å²) in [6, 6.07) is 6.89. The van der Waals surface area contributed by atoms with E-state index in [4.69, 9.17) is 9.47 Å². The number of carbonyl (C=O) groups is 1. The van der Waals surface area contributed by atoms with Crippen molar-refractivity contribution < 1.29 is 14.3 Å². The minimum absolute atomic E-state index is 0.209. The van der Waals surface area contributed by atoms with Crippen LogP contribution in [0.3, 0.4) is 0 Å². The van der Waals surface area contributed by atoms with Crippen molar-refractivity contribution in [2.75, 3.05) is 6.79 Å². The first-order chi connectivity index (χ1) is 11.6. The van der Waals surface area contributed by atoms with Gasteiger partial charge in [-0.15, -0.1) is 0 Å². The fourth-order valence-electron chi connectivity index (χ4n) is 2.59. The third kappa shape index (κ3) is 2.37. The van der Waals surface area contributed by atoms with Crippen LogP contribution in [0, 0.1) is 6.92 Å². The lowest BCUT2D eigenvalue weighted by Gasteiger charge is -2.05. The molecule has 3 heterocycles. The van der Waals surface area contributed by atoms with Gasteiger partial charge >= 0.3 is 0 Å². The normalized spacial score (nSPS) is 12.5.